The van der Waals surface area contributed by atoms with Crippen LogP contribution >= 0.6 is 0 Å². The molecule has 2 N–H and O–H groups in total. The zero-order chi connectivity index (χ0) is 19.7. The molecule has 26 heavy (non-hydrogen) atoms. The lowest BCUT2D eigenvalue weighted by atomic mass is 10.1. The Balaban J connectivity index is 2.34. The minimum Gasteiger partial charge on any atom is -0.488 e. The van der Waals surface area contributed by atoms with Crippen molar-refractivity contribution >= 4 is 17.5 Å². The van der Waals surface area contributed by atoms with Crippen LogP contribution in [0.4, 0.5) is 18.9 Å². The third-order valence-electron chi connectivity index (χ3n) is 3.27. The summed E-state index contributed by atoms with van der Waals surface area (Å²) in [5.74, 6) is -1.40. The highest BCUT2D eigenvalue weighted by molar-refractivity contribution is 6.17. The minimum absolute atomic E-state index is 0.0283. The largest absolute Gasteiger partial charge is 0.488 e. The fraction of sp³-hybridized carbons (Fsp3) is 0.412. The van der Waals surface area contributed by atoms with Gasteiger partial charge in [0.1, 0.15) is 17.0 Å². The molecule has 0 aromatic heterocycles. The smallest absolute Gasteiger partial charge is 0.416 e. The molecule has 142 valence electrons. The van der Waals surface area contributed by atoms with E-state index in [4.69, 9.17) is 9.84 Å². The second kappa shape index (κ2) is 6.99. The summed E-state index contributed by atoms with van der Waals surface area (Å²) in [6.07, 6.45) is -3.64. The lowest BCUT2D eigenvalue weighted by Crippen LogP contribution is -2.34. The third kappa shape index (κ3) is 4.75. The van der Waals surface area contributed by atoms with E-state index in [0.29, 0.717) is 0 Å². The molecule has 0 aliphatic carbocycles. The topological polar surface area (TPSA) is 78.9 Å². The van der Waals surface area contributed by atoms with Crippen LogP contribution in [0.3, 0.4) is 0 Å². The van der Waals surface area contributed by atoms with Crippen LogP contribution < -0.4 is 10.1 Å². The van der Waals surface area contributed by atoms with Crippen molar-refractivity contribution in [3.63, 3.8) is 0 Å². The molecule has 6 nitrogen and oxygen atoms in total. The summed E-state index contributed by atoms with van der Waals surface area (Å²) >= 11 is 0. The molecule has 1 aromatic carbocycles. The molecule has 2 rings (SSSR count). The van der Waals surface area contributed by atoms with Gasteiger partial charge in [0, 0.05) is 17.8 Å². The van der Waals surface area contributed by atoms with Gasteiger partial charge in [-0.05, 0) is 32.9 Å². The standard InChI is InChI=1S/C17H19F3N2O4/c1-16(2,3)26-12-7-10(17(18,19)20)6-11(8-12)21-13-9-14(24)22(4-5-23)15(13)25/h6-9,21,23H,4-5H2,1-3H3. The number of carbonyl (C=O) groups excluding carboxylic acids is 2. The van der Waals surface area contributed by atoms with E-state index in [9.17, 15) is 22.8 Å². The maximum Gasteiger partial charge on any atom is 0.416 e. The van der Waals surface area contributed by atoms with E-state index in [1.165, 1.54) is 6.07 Å². The van der Waals surface area contributed by atoms with Gasteiger partial charge in [-0.2, -0.15) is 13.2 Å². The Morgan fingerprint density at radius 1 is 1.15 bits per heavy atom. The van der Waals surface area contributed by atoms with Crippen LogP contribution in [0.1, 0.15) is 26.3 Å². The van der Waals surface area contributed by atoms with Crippen LogP contribution in [-0.4, -0.2) is 40.6 Å². The normalized spacial score (nSPS) is 15.3. The van der Waals surface area contributed by atoms with Crippen molar-refractivity contribution in [1.82, 2.24) is 4.90 Å². The first-order valence-electron chi connectivity index (χ1n) is 7.77. The highest BCUT2D eigenvalue weighted by Crippen LogP contribution is 2.35. The van der Waals surface area contributed by atoms with Crippen molar-refractivity contribution in [3.8, 4) is 5.75 Å². The average Bonchev–Trinajstić information content (AvgIpc) is 2.72. The zero-order valence-electron chi connectivity index (χ0n) is 14.5. The number of imide groups is 1. The van der Waals surface area contributed by atoms with Crippen molar-refractivity contribution in [2.75, 3.05) is 18.5 Å². The molecule has 9 heteroatoms. The Kier molecular flexibility index (Phi) is 5.31. The quantitative estimate of drug-likeness (QED) is 0.777. The van der Waals surface area contributed by atoms with Gasteiger partial charge in [-0.1, -0.05) is 0 Å². The summed E-state index contributed by atoms with van der Waals surface area (Å²) in [4.78, 5) is 24.6. The summed E-state index contributed by atoms with van der Waals surface area (Å²) in [5, 5.41) is 11.4. The molecule has 0 spiro atoms. The Hall–Kier alpha value is -2.55. The van der Waals surface area contributed by atoms with E-state index < -0.39 is 35.8 Å². The highest BCUT2D eigenvalue weighted by Gasteiger charge is 2.34. The number of nitrogens with one attached hydrogen (secondary N) is 1. The van der Waals surface area contributed by atoms with Crippen LogP contribution in [0, 0.1) is 0 Å². The van der Waals surface area contributed by atoms with Gasteiger partial charge < -0.3 is 15.2 Å². The van der Waals surface area contributed by atoms with Gasteiger partial charge in [-0.15, -0.1) is 0 Å². The molecule has 0 bridgehead atoms. The number of nitrogens with zero attached hydrogens (tertiary/aromatic N) is 1. The first-order chi connectivity index (χ1) is 11.9. The molecule has 1 heterocycles. The van der Waals surface area contributed by atoms with Crippen molar-refractivity contribution in [2.45, 2.75) is 32.5 Å². The Morgan fingerprint density at radius 2 is 1.81 bits per heavy atom. The van der Waals surface area contributed by atoms with Crippen LogP contribution in [0.25, 0.3) is 0 Å². The molecule has 0 saturated heterocycles. The maximum atomic E-state index is 13.1. The van der Waals surface area contributed by atoms with Gasteiger partial charge in [0.05, 0.1) is 18.7 Å². The van der Waals surface area contributed by atoms with E-state index in [-0.39, 0.29) is 23.7 Å². The molecular weight excluding hydrogens is 353 g/mol. The van der Waals surface area contributed by atoms with Crippen LogP contribution in [0.2, 0.25) is 0 Å². The van der Waals surface area contributed by atoms with Gasteiger partial charge in [0.25, 0.3) is 11.8 Å². The number of benzene rings is 1. The molecule has 0 unspecified atom stereocenters. The number of rotatable bonds is 5. The van der Waals surface area contributed by atoms with Crippen LogP contribution in [-0.2, 0) is 15.8 Å². The number of β-amino-alcohol motifs (C(OH)–C–C–N with tert-alkyl or cyclic N) is 1. The van der Waals surface area contributed by atoms with Crippen molar-refractivity contribution in [1.29, 1.82) is 0 Å². The second-order valence-corrected chi connectivity index (χ2v) is 6.66. The van der Waals surface area contributed by atoms with E-state index in [2.05, 4.69) is 5.32 Å². The first kappa shape index (κ1) is 19.8. The molecule has 0 fully saturated rings. The molecule has 0 radical (unpaired) electrons. The lowest BCUT2D eigenvalue weighted by molar-refractivity contribution is -0.138. The number of aliphatic hydroxyl groups excluding tert-OH is 1. The van der Waals surface area contributed by atoms with E-state index in [1.807, 2.05) is 0 Å². The SMILES string of the molecule is CC(C)(C)Oc1cc(NC2=CC(=O)N(CCO)C2=O)cc(C(F)(F)F)c1. The van der Waals surface area contributed by atoms with Gasteiger partial charge in [0.15, 0.2) is 0 Å². The Labute approximate surface area is 148 Å². The number of carbonyl (C=O) groups is 2. The monoisotopic (exact) mass is 372 g/mol. The number of ether oxygens (including phenoxy) is 1. The van der Waals surface area contributed by atoms with Crippen molar-refractivity contribution in [3.05, 3.63) is 35.5 Å². The molecule has 0 atom stereocenters. The second-order valence-electron chi connectivity index (χ2n) is 6.66. The summed E-state index contributed by atoms with van der Waals surface area (Å²) in [6, 6.07) is 3.00. The fourth-order valence-corrected chi connectivity index (χ4v) is 2.31. The van der Waals surface area contributed by atoms with Crippen molar-refractivity contribution in [2.24, 2.45) is 0 Å². The molecule has 2 amide bonds. The molecule has 0 saturated carbocycles. The number of hydrogen-bond donors (Lipinski definition) is 2. The number of hydrogen-bond acceptors (Lipinski definition) is 5. The zero-order valence-corrected chi connectivity index (χ0v) is 14.5. The molecule has 1 aromatic rings. The summed E-state index contributed by atoms with van der Waals surface area (Å²) in [6.45, 7) is 4.46. The predicted octanol–water partition coefficient (Wildman–Crippen LogP) is 2.54. The number of alkyl halides is 3. The lowest BCUT2D eigenvalue weighted by Gasteiger charge is -2.23. The van der Waals surface area contributed by atoms with Gasteiger partial charge >= 0.3 is 6.18 Å². The van der Waals surface area contributed by atoms with Crippen LogP contribution in [0.15, 0.2) is 30.0 Å². The van der Waals surface area contributed by atoms with Gasteiger partial charge in [-0.25, -0.2) is 0 Å². The summed E-state index contributed by atoms with van der Waals surface area (Å²) in [7, 11) is 0. The number of anilines is 1. The maximum absolute atomic E-state index is 13.1. The average molecular weight is 372 g/mol. The third-order valence-corrected chi connectivity index (χ3v) is 3.27. The van der Waals surface area contributed by atoms with E-state index in [1.54, 1.807) is 20.8 Å². The van der Waals surface area contributed by atoms with E-state index in [0.717, 1.165) is 23.1 Å². The minimum atomic E-state index is -4.61. The fourth-order valence-electron chi connectivity index (χ4n) is 2.31. The van der Waals surface area contributed by atoms with E-state index >= 15 is 0 Å². The van der Waals surface area contributed by atoms with Gasteiger partial charge in [0.2, 0.25) is 0 Å². The summed E-state index contributed by atoms with van der Waals surface area (Å²) < 4.78 is 44.9. The van der Waals surface area contributed by atoms with Crippen LogP contribution in [0.5, 0.6) is 5.75 Å². The predicted molar refractivity (Wildman–Crippen MR) is 87.3 cm³/mol. The highest BCUT2D eigenvalue weighted by atomic mass is 19.4. The summed E-state index contributed by atoms with van der Waals surface area (Å²) in [5.41, 5.74) is -1.90. The number of aliphatic hydroxyl groups is 1. The molecular formula is C17H19F3N2O4. The molecule has 1 aliphatic rings. The van der Waals surface area contributed by atoms with Crippen molar-refractivity contribution < 1.29 is 32.6 Å². The molecule has 1 aliphatic heterocycles. The number of amides is 2. The Morgan fingerprint density at radius 3 is 2.35 bits per heavy atom. The van der Waals surface area contributed by atoms with Gasteiger partial charge in [-0.3, -0.25) is 14.5 Å². The Bertz CT molecular complexity index is 751. The first-order valence-corrected chi connectivity index (χ1v) is 7.77. The number of halogens is 3.